The Morgan fingerprint density at radius 1 is 1.50 bits per heavy atom. The van der Waals surface area contributed by atoms with Gasteiger partial charge in [0.1, 0.15) is 17.6 Å². The number of hydrogen-bond donors (Lipinski definition) is 0. The molecule has 9 heteroatoms. The highest BCUT2D eigenvalue weighted by molar-refractivity contribution is 7.73. The summed E-state index contributed by atoms with van der Waals surface area (Å²) in [4.78, 5) is 33.6. The fraction of sp³-hybridized carbons (Fsp3) is 0.368. The fourth-order valence-corrected chi connectivity index (χ4v) is 5.99. The Morgan fingerprint density at radius 2 is 2.32 bits per heavy atom. The van der Waals surface area contributed by atoms with E-state index in [0.717, 1.165) is 12.8 Å². The van der Waals surface area contributed by atoms with Gasteiger partial charge in [-0.15, -0.1) is 17.9 Å². The van der Waals surface area contributed by atoms with Crippen molar-refractivity contribution in [3.05, 3.63) is 55.2 Å². The average Bonchev–Trinajstić information content (AvgIpc) is 3.29. The first kappa shape index (κ1) is 19.2. The lowest BCUT2D eigenvalue weighted by Crippen LogP contribution is -2.42. The summed E-state index contributed by atoms with van der Waals surface area (Å²) in [5.74, 6) is -0.0546. The molecule has 0 aliphatic carbocycles. The first-order valence-corrected chi connectivity index (χ1v) is 11.2. The van der Waals surface area contributed by atoms with E-state index in [-0.39, 0.29) is 24.1 Å². The Labute approximate surface area is 175 Å². The molecule has 146 valence electrons. The third-order valence-electron chi connectivity index (χ3n) is 5.06. The van der Waals surface area contributed by atoms with Gasteiger partial charge in [-0.2, -0.15) is 0 Å². The van der Waals surface area contributed by atoms with E-state index in [2.05, 4.69) is 29.9 Å². The lowest BCUT2D eigenvalue weighted by molar-refractivity contribution is -0.134. The standard InChI is InChI=1S/C19H20N4O2S3/c1-3-7-23-17-16(28-19(23)26)18(25)21(11-20-17)10-15(24)22-8-5-14-12(6-9-27-14)13(22)4-2/h3,6,9,11,13H,1,4-5,7-8,10H2,2H3. The molecule has 0 radical (unpaired) electrons. The second kappa shape index (κ2) is 7.73. The monoisotopic (exact) mass is 432 g/mol. The zero-order valence-electron chi connectivity index (χ0n) is 15.5. The molecule has 3 aromatic rings. The maximum absolute atomic E-state index is 13.0. The van der Waals surface area contributed by atoms with Gasteiger partial charge in [0.15, 0.2) is 9.60 Å². The predicted molar refractivity (Wildman–Crippen MR) is 116 cm³/mol. The van der Waals surface area contributed by atoms with Crippen molar-refractivity contribution in [2.45, 2.75) is 38.9 Å². The molecule has 28 heavy (non-hydrogen) atoms. The number of thiophene rings is 1. The van der Waals surface area contributed by atoms with E-state index in [1.54, 1.807) is 22.0 Å². The Balaban J connectivity index is 1.64. The van der Waals surface area contributed by atoms with Crippen molar-refractivity contribution in [3.63, 3.8) is 0 Å². The maximum atomic E-state index is 13.0. The third kappa shape index (κ3) is 3.17. The van der Waals surface area contributed by atoms with Crippen LogP contribution in [0.2, 0.25) is 0 Å². The lowest BCUT2D eigenvalue weighted by atomic mass is 9.98. The summed E-state index contributed by atoms with van der Waals surface area (Å²) in [6.07, 6.45) is 4.89. The topological polar surface area (TPSA) is 60.1 Å². The van der Waals surface area contributed by atoms with Gasteiger partial charge in [0.05, 0.1) is 6.04 Å². The highest BCUT2D eigenvalue weighted by Gasteiger charge is 2.30. The molecule has 4 heterocycles. The third-order valence-corrected chi connectivity index (χ3v) is 7.49. The number of amides is 1. The Bertz CT molecular complexity index is 1170. The van der Waals surface area contributed by atoms with Crippen molar-refractivity contribution in [1.82, 2.24) is 19.0 Å². The van der Waals surface area contributed by atoms with E-state index in [1.165, 1.54) is 32.7 Å². The second-order valence-corrected chi connectivity index (χ2v) is 9.30. The van der Waals surface area contributed by atoms with Crippen LogP contribution >= 0.6 is 34.9 Å². The molecule has 0 bridgehead atoms. The van der Waals surface area contributed by atoms with Gasteiger partial charge in [0.25, 0.3) is 5.56 Å². The van der Waals surface area contributed by atoms with Gasteiger partial charge in [-0.1, -0.05) is 24.3 Å². The minimum Gasteiger partial charge on any atom is -0.334 e. The first-order chi connectivity index (χ1) is 13.5. The number of carbonyl (C=O) groups excluding carboxylic acids is 1. The van der Waals surface area contributed by atoms with Crippen molar-refractivity contribution in [1.29, 1.82) is 0 Å². The molecular weight excluding hydrogens is 412 g/mol. The first-order valence-electron chi connectivity index (χ1n) is 9.10. The van der Waals surface area contributed by atoms with Gasteiger partial charge in [0, 0.05) is 18.0 Å². The summed E-state index contributed by atoms with van der Waals surface area (Å²) in [5, 5.41) is 2.09. The number of hydrogen-bond acceptors (Lipinski definition) is 6. The van der Waals surface area contributed by atoms with Crippen LogP contribution in [0.15, 0.2) is 35.2 Å². The molecule has 1 atom stereocenters. The molecule has 3 aromatic heterocycles. The van der Waals surface area contributed by atoms with E-state index in [0.29, 0.717) is 27.4 Å². The molecule has 0 saturated heterocycles. The number of carbonyl (C=O) groups is 1. The van der Waals surface area contributed by atoms with Crippen LogP contribution in [0.5, 0.6) is 0 Å². The number of aromatic nitrogens is 3. The van der Waals surface area contributed by atoms with Crippen molar-refractivity contribution < 1.29 is 4.79 Å². The zero-order valence-corrected chi connectivity index (χ0v) is 17.9. The molecule has 0 fully saturated rings. The SMILES string of the molecule is C=CCn1c(=S)sc2c(=O)n(CC(=O)N3CCc4sccc4C3CC)cnc21. The van der Waals surface area contributed by atoms with Gasteiger partial charge in [-0.3, -0.25) is 14.2 Å². The normalized spacial score (nSPS) is 16.3. The predicted octanol–water partition coefficient (Wildman–Crippen LogP) is 3.77. The molecule has 1 aliphatic heterocycles. The number of fused-ring (bicyclic) bond motifs is 2. The van der Waals surface area contributed by atoms with E-state index >= 15 is 0 Å². The van der Waals surface area contributed by atoms with Crippen LogP contribution in [-0.4, -0.2) is 31.5 Å². The maximum Gasteiger partial charge on any atom is 0.273 e. The van der Waals surface area contributed by atoms with Crippen LogP contribution in [0, 0.1) is 3.95 Å². The summed E-state index contributed by atoms with van der Waals surface area (Å²) in [6, 6.07) is 2.19. The summed E-state index contributed by atoms with van der Waals surface area (Å²) in [5.41, 5.74) is 1.57. The van der Waals surface area contributed by atoms with Crippen LogP contribution in [0.1, 0.15) is 29.8 Å². The van der Waals surface area contributed by atoms with E-state index in [1.807, 2.05) is 4.90 Å². The Morgan fingerprint density at radius 3 is 3.07 bits per heavy atom. The Hall–Kier alpha value is -2.10. The zero-order chi connectivity index (χ0) is 19.8. The van der Waals surface area contributed by atoms with Crippen LogP contribution in [0.3, 0.4) is 0 Å². The quantitative estimate of drug-likeness (QED) is 0.455. The fourth-order valence-electron chi connectivity index (χ4n) is 3.75. The number of thiazole rings is 1. The number of nitrogens with zero attached hydrogens (tertiary/aromatic N) is 4. The molecule has 4 rings (SSSR count). The van der Waals surface area contributed by atoms with Crippen molar-refractivity contribution in [3.8, 4) is 0 Å². The molecule has 6 nitrogen and oxygen atoms in total. The van der Waals surface area contributed by atoms with E-state index < -0.39 is 0 Å². The highest BCUT2D eigenvalue weighted by atomic mass is 32.1. The lowest BCUT2D eigenvalue weighted by Gasteiger charge is -2.35. The van der Waals surface area contributed by atoms with Gasteiger partial charge in [0.2, 0.25) is 5.91 Å². The van der Waals surface area contributed by atoms with Crippen LogP contribution in [-0.2, 0) is 24.3 Å². The van der Waals surface area contributed by atoms with Crippen molar-refractivity contribution in [2.75, 3.05) is 6.54 Å². The highest BCUT2D eigenvalue weighted by Crippen LogP contribution is 2.35. The summed E-state index contributed by atoms with van der Waals surface area (Å²) >= 11 is 8.33. The van der Waals surface area contributed by atoms with Gasteiger partial charge >= 0.3 is 0 Å². The summed E-state index contributed by atoms with van der Waals surface area (Å²) in [7, 11) is 0. The smallest absolute Gasteiger partial charge is 0.273 e. The van der Waals surface area contributed by atoms with Gasteiger partial charge in [-0.25, -0.2) is 4.98 Å². The Kier molecular flexibility index (Phi) is 5.31. The molecule has 1 amide bonds. The van der Waals surface area contributed by atoms with Crippen LogP contribution in [0.4, 0.5) is 0 Å². The molecule has 1 aliphatic rings. The van der Waals surface area contributed by atoms with Crippen LogP contribution in [0.25, 0.3) is 10.3 Å². The van der Waals surface area contributed by atoms with Gasteiger partial charge in [-0.05, 0) is 42.1 Å². The summed E-state index contributed by atoms with van der Waals surface area (Å²) in [6.45, 7) is 6.99. The average molecular weight is 433 g/mol. The molecular formula is C19H20N4O2S3. The number of allylic oxidation sites excluding steroid dienone is 1. The minimum absolute atomic E-state index is 0.0101. The molecule has 0 N–H and O–H groups in total. The van der Waals surface area contributed by atoms with E-state index in [9.17, 15) is 9.59 Å². The van der Waals surface area contributed by atoms with Crippen LogP contribution < -0.4 is 5.56 Å². The molecule has 0 aromatic carbocycles. The number of rotatable bonds is 5. The second-order valence-electron chi connectivity index (χ2n) is 6.66. The van der Waals surface area contributed by atoms with Gasteiger partial charge < -0.3 is 9.47 Å². The molecule has 0 spiro atoms. The largest absolute Gasteiger partial charge is 0.334 e. The minimum atomic E-state index is -0.224. The summed E-state index contributed by atoms with van der Waals surface area (Å²) < 4.78 is 4.24. The van der Waals surface area contributed by atoms with Crippen molar-refractivity contribution >= 4 is 51.1 Å². The molecule has 0 saturated carbocycles. The van der Waals surface area contributed by atoms with Crippen molar-refractivity contribution in [2.24, 2.45) is 0 Å². The van der Waals surface area contributed by atoms with E-state index in [4.69, 9.17) is 12.2 Å². The molecule has 1 unspecified atom stereocenters.